The number of anilines is 1. The Morgan fingerprint density at radius 1 is 1.26 bits per heavy atom. The minimum atomic E-state index is -1.13. The van der Waals surface area contributed by atoms with Gasteiger partial charge in [0.1, 0.15) is 6.54 Å². The van der Waals surface area contributed by atoms with Gasteiger partial charge in [-0.15, -0.1) is 0 Å². The number of thioether (sulfide) groups is 1. The van der Waals surface area contributed by atoms with E-state index >= 15 is 0 Å². The maximum atomic E-state index is 12.5. The second kappa shape index (κ2) is 8.36. The normalized spacial score (nSPS) is 10.7. The lowest BCUT2D eigenvalue weighted by Gasteiger charge is -2.25. The number of halogens is 1. The fourth-order valence-electron chi connectivity index (χ4n) is 2.03. The summed E-state index contributed by atoms with van der Waals surface area (Å²) in [5.74, 6) is -1.84. The van der Waals surface area contributed by atoms with Gasteiger partial charge in [-0.2, -0.15) is 0 Å². The molecule has 0 spiro atoms. The number of carbonyl (C=O) groups excluding carboxylic acids is 2. The van der Waals surface area contributed by atoms with Crippen molar-refractivity contribution >= 4 is 46.0 Å². The van der Waals surface area contributed by atoms with Crippen LogP contribution >= 0.6 is 23.4 Å². The monoisotopic (exact) mass is 357 g/mol. The number of benzene rings is 1. The lowest BCUT2D eigenvalue weighted by atomic mass is 10.1. The molecule has 0 aliphatic rings. The Kier molecular flexibility index (Phi) is 7.09. The highest BCUT2D eigenvalue weighted by Crippen LogP contribution is 2.31. The maximum Gasteiger partial charge on any atom is 0.323 e. The molecule has 7 heteroatoms. The van der Waals surface area contributed by atoms with Crippen molar-refractivity contribution in [2.24, 2.45) is 5.92 Å². The molecule has 0 saturated heterocycles. The molecule has 0 aliphatic heterocycles. The molecular weight excluding hydrogens is 338 g/mol. The third-order valence-corrected chi connectivity index (χ3v) is 4.80. The second-order valence-corrected chi connectivity index (χ2v) is 6.86. The third-order valence-electron chi connectivity index (χ3n) is 3.24. The first-order valence-corrected chi connectivity index (χ1v) is 8.46. The summed E-state index contributed by atoms with van der Waals surface area (Å²) in [7, 11) is 0. The Balaban J connectivity index is 3.11. The largest absolute Gasteiger partial charge is 0.480 e. The topological polar surface area (TPSA) is 74.7 Å². The Morgan fingerprint density at radius 2 is 1.87 bits per heavy atom. The molecule has 1 aromatic rings. The number of amides is 1. The first-order chi connectivity index (χ1) is 10.6. The van der Waals surface area contributed by atoms with Crippen LogP contribution in [0.4, 0.5) is 5.69 Å². The zero-order valence-corrected chi connectivity index (χ0v) is 15.1. The molecule has 1 aromatic carbocycles. The summed E-state index contributed by atoms with van der Waals surface area (Å²) in [6.45, 7) is 6.55. The van der Waals surface area contributed by atoms with E-state index in [1.165, 1.54) is 4.90 Å². The minimum absolute atomic E-state index is 0.102. The van der Waals surface area contributed by atoms with Gasteiger partial charge in [0.15, 0.2) is 5.12 Å². The van der Waals surface area contributed by atoms with Crippen molar-refractivity contribution in [2.45, 2.75) is 27.7 Å². The number of aliphatic carboxylic acids is 1. The molecule has 0 unspecified atom stereocenters. The van der Waals surface area contributed by atoms with Crippen LogP contribution in [0.25, 0.3) is 0 Å². The van der Waals surface area contributed by atoms with Gasteiger partial charge in [-0.25, -0.2) is 0 Å². The van der Waals surface area contributed by atoms with Crippen molar-refractivity contribution in [3.05, 3.63) is 28.3 Å². The molecule has 0 fully saturated rings. The predicted octanol–water partition coefficient (Wildman–Crippen LogP) is 3.29. The van der Waals surface area contributed by atoms with Crippen LogP contribution in [-0.4, -0.2) is 34.4 Å². The number of carboxylic acid groups (broad SMARTS) is 1. The molecule has 0 aliphatic carbocycles. The number of hydrogen-bond acceptors (Lipinski definition) is 4. The quantitative estimate of drug-likeness (QED) is 0.845. The van der Waals surface area contributed by atoms with Crippen LogP contribution in [0.15, 0.2) is 12.1 Å². The SMILES string of the molecule is Cc1ccc(Cl)c(C)c1N(CC(=O)O)C(=O)CSC(=O)C(C)C. The van der Waals surface area contributed by atoms with E-state index in [0.29, 0.717) is 16.3 Å². The number of carbonyl (C=O) groups is 3. The van der Waals surface area contributed by atoms with Crippen LogP contribution in [0.3, 0.4) is 0 Å². The fraction of sp³-hybridized carbons (Fsp3) is 0.438. The van der Waals surface area contributed by atoms with E-state index in [2.05, 4.69) is 0 Å². The lowest BCUT2D eigenvalue weighted by Crippen LogP contribution is -2.38. The van der Waals surface area contributed by atoms with Gasteiger partial charge < -0.3 is 5.11 Å². The van der Waals surface area contributed by atoms with Gasteiger partial charge in [-0.3, -0.25) is 19.3 Å². The van der Waals surface area contributed by atoms with Gasteiger partial charge in [0.25, 0.3) is 0 Å². The van der Waals surface area contributed by atoms with E-state index in [1.807, 2.05) is 0 Å². The summed E-state index contributed by atoms with van der Waals surface area (Å²) in [5, 5.41) is 9.46. The van der Waals surface area contributed by atoms with E-state index < -0.39 is 18.4 Å². The maximum absolute atomic E-state index is 12.5. The van der Waals surface area contributed by atoms with Crippen LogP contribution in [0.1, 0.15) is 25.0 Å². The highest BCUT2D eigenvalue weighted by Gasteiger charge is 2.24. The first kappa shape index (κ1) is 19.5. The standard InChI is InChI=1S/C16H20ClNO4S/c1-9(2)16(22)23-8-13(19)18(7-14(20)21)15-10(3)5-6-12(17)11(15)4/h5-6,9H,7-8H2,1-4H3,(H,20,21). The number of hydrogen-bond donors (Lipinski definition) is 1. The van der Waals surface area contributed by atoms with E-state index in [1.54, 1.807) is 39.8 Å². The van der Waals surface area contributed by atoms with E-state index in [9.17, 15) is 14.4 Å². The van der Waals surface area contributed by atoms with Gasteiger partial charge in [0.2, 0.25) is 5.91 Å². The van der Waals surface area contributed by atoms with Gasteiger partial charge in [0.05, 0.1) is 11.4 Å². The average Bonchev–Trinajstić information content (AvgIpc) is 2.47. The fourth-order valence-corrected chi connectivity index (χ4v) is 2.94. The van der Waals surface area contributed by atoms with Crippen molar-refractivity contribution in [3.63, 3.8) is 0 Å². The minimum Gasteiger partial charge on any atom is -0.480 e. The molecule has 0 saturated carbocycles. The molecule has 126 valence electrons. The molecule has 0 heterocycles. The summed E-state index contributed by atoms with van der Waals surface area (Å²) in [4.78, 5) is 36.5. The molecule has 1 N–H and O–H groups in total. The highest BCUT2D eigenvalue weighted by atomic mass is 35.5. The number of carboxylic acids is 1. The summed E-state index contributed by atoms with van der Waals surface area (Å²) >= 11 is 7.00. The van der Waals surface area contributed by atoms with Crippen LogP contribution in [0, 0.1) is 19.8 Å². The predicted molar refractivity (Wildman–Crippen MR) is 93.2 cm³/mol. The second-order valence-electron chi connectivity index (χ2n) is 5.47. The summed E-state index contributed by atoms with van der Waals surface area (Å²) < 4.78 is 0. The number of rotatable bonds is 6. The third kappa shape index (κ3) is 5.25. The zero-order valence-electron chi connectivity index (χ0n) is 13.6. The molecular formula is C16H20ClNO4S. The van der Waals surface area contributed by atoms with Gasteiger partial charge in [-0.05, 0) is 31.0 Å². The smallest absolute Gasteiger partial charge is 0.323 e. The molecule has 1 rings (SSSR count). The zero-order chi connectivity index (χ0) is 17.7. The van der Waals surface area contributed by atoms with Crippen LogP contribution in [-0.2, 0) is 14.4 Å². The summed E-state index contributed by atoms with van der Waals surface area (Å²) in [5.41, 5.74) is 1.88. The molecule has 0 radical (unpaired) electrons. The Hall–Kier alpha value is -1.53. The molecule has 0 atom stereocenters. The van der Waals surface area contributed by atoms with E-state index in [0.717, 1.165) is 17.3 Å². The van der Waals surface area contributed by atoms with Crippen LogP contribution in [0.2, 0.25) is 5.02 Å². The van der Waals surface area contributed by atoms with Crippen LogP contribution in [0.5, 0.6) is 0 Å². The number of aryl methyl sites for hydroxylation is 1. The van der Waals surface area contributed by atoms with Gasteiger partial charge >= 0.3 is 5.97 Å². The summed E-state index contributed by atoms with van der Waals surface area (Å²) in [6.07, 6.45) is 0. The highest BCUT2D eigenvalue weighted by molar-refractivity contribution is 8.14. The first-order valence-electron chi connectivity index (χ1n) is 7.09. The van der Waals surface area contributed by atoms with E-state index in [-0.39, 0.29) is 16.8 Å². The number of nitrogens with zero attached hydrogens (tertiary/aromatic N) is 1. The summed E-state index contributed by atoms with van der Waals surface area (Å²) in [6, 6.07) is 3.44. The Labute approximate surface area is 145 Å². The van der Waals surface area contributed by atoms with Crippen molar-refractivity contribution < 1.29 is 19.5 Å². The van der Waals surface area contributed by atoms with Crippen molar-refractivity contribution in [1.29, 1.82) is 0 Å². The molecule has 0 bridgehead atoms. The lowest BCUT2D eigenvalue weighted by molar-refractivity contribution is -0.136. The molecule has 1 amide bonds. The van der Waals surface area contributed by atoms with Gasteiger partial charge in [0, 0.05) is 10.9 Å². The molecule has 0 aromatic heterocycles. The molecule has 23 heavy (non-hydrogen) atoms. The molecule has 5 nitrogen and oxygen atoms in total. The van der Waals surface area contributed by atoms with Crippen molar-refractivity contribution in [2.75, 3.05) is 17.2 Å². The van der Waals surface area contributed by atoms with E-state index in [4.69, 9.17) is 16.7 Å². The van der Waals surface area contributed by atoms with Crippen molar-refractivity contribution in [1.82, 2.24) is 0 Å². The van der Waals surface area contributed by atoms with Crippen molar-refractivity contribution in [3.8, 4) is 0 Å². The van der Waals surface area contributed by atoms with Gasteiger partial charge in [-0.1, -0.05) is 43.3 Å². The Bertz CT molecular complexity index is 631. The van der Waals surface area contributed by atoms with Crippen LogP contribution < -0.4 is 4.90 Å². The average molecular weight is 358 g/mol. The Morgan fingerprint density at radius 3 is 2.39 bits per heavy atom.